The molecule has 1 saturated heterocycles. The number of carboxylic acids is 2. The smallest absolute Gasteiger partial charge is 0.352 e. The Morgan fingerprint density at radius 3 is 2.49 bits per heavy atom. The summed E-state index contributed by atoms with van der Waals surface area (Å²) in [6.07, 6.45) is 0.360. The zero-order valence-electron chi connectivity index (χ0n) is 18.0. The van der Waals surface area contributed by atoms with Gasteiger partial charge in [0.05, 0.1) is 11.8 Å². The number of aromatic hydroxyl groups is 1. The number of tetrazole rings is 1. The lowest BCUT2D eigenvalue weighted by Crippen LogP contribution is -2.54. The molecule has 0 radical (unpaired) electrons. The van der Waals surface area contributed by atoms with Crippen LogP contribution in [0.15, 0.2) is 40.7 Å². The van der Waals surface area contributed by atoms with Crippen molar-refractivity contribution in [3.05, 3.63) is 41.1 Å². The van der Waals surface area contributed by atoms with Gasteiger partial charge in [-0.15, -0.1) is 16.9 Å². The molecule has 2 amide bonds. The van der Waals surface area contributed by atoms with E-state index in [9.17, 15) is 24.3 Å². The summed E-state index contributed by atoms with van der Waals surface area (Å²) in [5.74, 6) is -2.08. The molecule has 2 atom stereocenters. The number of β-lactam (4-membered cyclic amide) rings is 1. The van der Waals surface area contributed by atoms with E-state index in [4.69, 9.17) is 21.7 Å². The van der Waals surface area contributed by atoms with Crippen LogP contribution >= 0.6 is 23.5 Å². The Labute approximate surface area is 206 Å². The maximum atomic E-state index is 11.6. The molecule has 2 aromatic rings. The number of nitrogens with zero attached hydrogens (tertiary/aromatic N) is 5. The van der Waals surface area contributed by atoms with E-state index < -0.39 is 23.9 Å². The summed E-state index contributed by atoms with van der Waals surface area (Å²) < 4.78 is 1.13. The van der Waals surface area contributed by atoms with E-state index in [0.717, 1.165) is 16.4 Å². The zero-order chi connectivity index (χ0) is 25.7. The summed E-state index contributed by atoms with van der Waals surface area (Å²) in [5, 5.41) is 38.0. The van der Waals surface area contributed by atoms with Crippen molar-refractivity contribution >= 4 is 47.3 Å². The molecule has 0 bridgehead atoms. The fourth-order valence-electron chi connectivity index (χ4n) is 3.11. The number of rotatable bonds is 8. The lowest BCUT2D eigenvalue weighted by Gasteiger charge is -2.43. The van der Waals surface area contributed by atoms with Gasteiger partial charge in [-0.3, -0.25) is 19.3 Å². The van der Waals surface area contributed by atoms with Gasteiger partial charge in [0.1, 0.15) is 24.0 Å². The van der Waals surface area contributed by atoms with Gasteiger partial charge in [0.25, 0.3) is 0 Å². The first kappa shape index (κ1) is 26.0. The number of carboxylic acid groups (broad SMARTS) is 2. The molecule has 7 N–H and O–H groups in total. The van der Waals surface area contributed by atoms with E-state index in [1.165, 1.54) is 28.8 Å². The molecule has 1 aromatic carbocycles. The van der Waals surface area contributed by atoms with Crippen molar-refractivity contribution in [2.24, 2.45) is 11.5 Å². The van der Waals surface area contributed by atoms with Crippen LogP contribution in [0.1, 0.15) is 18.0 Å². The third-order valence-electron chi connectivity index (χ3n) is 4.85. The van der Waals surface area contributed by atoms with E-state index >= 15 is 0 Å². The van der Waals surface area contributed by atoms with Gasteiger partial charge in [0.2, 0.25) is 17.0 Å². The van der Waals surface area contributed by atoms with Crippen molar-refractivity contribution in [3.8, 4) is 5.75 Å². The van der Waals surface area contributed by atoms with Gasteiger partial charge < -0.3 is 26.8 Å². The van der Waals surface area contributed by atoms with Gasteiger partial charge in [0.15, 0.2) is 0 Å². The van der Waals surface area contributed by atoms with Crippen molar-refractivity contribution in [2.75, 3.05) is 11.5 Å². The van der Waals surface area contributed by atoms with Crippen molar-refractivity contribution in [3.63, 3.8) is 0 Å². The molecule has 2 aliphatic rings. The summed E-state index contributed by atoms with van der Waals surface area (Å²) in [6.45, 7) is -0.373. The minimum Gasteiger partial charge on any atom is -0.508 e. The summed E-state index contributed by atoms with van der Waals surface area (Å²) in [6, 6.07) is 5.23. The topological polar surface area (TPSA) is 228 Å². The van der Waals surface area contributed by atoms with Gasteiger partial charge in [-0.2, -0.15) is 0 Å². The summed E-state index contributed by atoms with van der Waals surface area (Å²) >= 11 is 2.66. The lowest BCUT2D eigenvalue weighted by molar-refractivity contribution is -0.146. The third kappa shape index (κ3) is 6.28. The van der Waals surface area contributed by atoms with Crippen LogP contribution in [-0.2, 0) is 25.7 Å². The summed E-state index contributed by atoms with van der Waals surface area (Å²) in [4.78, 5) is 45.8. The van der Waals surface area contributed by atoms with Crippen LogP contribution in [0, 0.1) is 0 Å². The molecule has 1 unspecified atom stereocenters. The molecule has 4 rings (SSSR count). The predicted molar refractivity (Wildman–Crippen MR) is 123 cm³/mol. The Hall–Kier alpha value is -3.63. The van der Waals surface area contributed by atoms with Crippen molar-refractivity contribution in [1.82, 2.24) is 25.1 Å². The van der Waals surface area contributed by atoms with Gasteiger partial charge in [0, 0.05) is 11.5 Å². The number of aliphatic carboxylic acids is 2. The summed E-state index contributed by atoms with van der Waals surface area (Å²) in [5.41, 5.74) is 11.6. The van der Waals surface area contributed by atoms with E-state index in [2.05, 4.69) is 15.5 Å². The fraction of sp³-hybridized carbons (Fsp3) is 0.316. The normalized spacial score (nSPS) is 17.6. The first-order valence-electron chi connectivity index (χ1n) is 9.92. The molecular weight excluding hydrogens is 502 g/mol. The number of hydrogen-bond acceptors (Lipinski definition) is 11. The average molecular weight is 524 g/mol. The maximum absolute atomic E-state index is 11.6. The number of thioether (sulfide) groups is 2. The number of primary amides is 1. The van der Waals surface area contributed by atoms with E-state index in [0.29, 0.717) is 23.3 Å². The Bertz CT molecular complexity index is 1170. The van der Waals surface area contributed by atoms with Crippen LogP contribution in [0.25, 0.3) is 0 Å². The molecule has 0 spiro atoms. The molecule has 1 aromatic heterocycles. The summed E-state index contributed by atoms with van der Waals surface area (Å²) in [7, 11) is 0. The Balaban J connectivity index is 0.000000241. The predicted octanol–water partition coefficient (Wildman–Crippen LogP) is -0.629. The molecule has 1 fully saturated rings. The Morgan fingerprint density at radius 1 is 1.23 bits per heavy atom. The number of carbonyl (C=O) groups is 4. The molecule has 16 heteroatoms. The second-order valence-electron chi connectivity index (χ2n) is 7.26. The number of phenols is 1. The number of amides is 2. The van der Waals surface area contributed by atoms with Crippen LogP contribution in [0.5, 0.6) is 5.75 Å². The standard InChI is InChI=1S/C11H11N5O5S2.C8H10N2O2/c17-6-1-7-16(6)9(10(20)21)5(3-22-7)4-23-11-12-13-14-15(11)2-8(18)19;9-7(8(10)12)5-1-3-6(11)4-2-5/h7H,1-4H2,(H,18,19)(H,20,21);1-4,7,11H,9H2,(H2,10,12)/t7-;/m0./s1. The van der Waals surface area contributed by atoms with Crippen LogP contribution in [0.2, 0.25) is 0 Å². The highest BCUT2D eigenvalue weighted by atomic mass is 32.2. The second kappa shape index (κ2) is 11.2. The van der Waals surface area contributed by atoms with E-state index in [-0.39, 0.29) is 40.2 Å². The maximum Gasteiger partial charge on any atom is 0.352 e. The lowest BCUT2D eigenvalue weighted by atomic mass is 10.1. The molecule has 35 heavy (non-hydrogen) atoms. The fourth-order valence-corrected chi connectivity index (χ4v) is 5.39. The van der Waals surface area contributed by atoms with Crippen molar-refractivity contribution < 1.29 is 34.5 Å². The number of benzene rings is 1. The van der Waals surface area contributed by atoms with Crippen LogP contribution in [0.4, 0.5) is 0 Å². The first-order valence-corrected chi connectivity index (χ1v) is 12.0. The number of carbonyl (C=O) groups excluding carboxylic acids is 2. The zero-order valence-corrected chi connectivity index (χ0v) is 19.6. The average Bonchev–Trinajstić information content (AvgIpc) is 3.23. The molecule has 2 aliphatic heterocycles. The first-order chi connectivity index (χ1) is 16.6. The monoisotopic (exact) mass is 523 g/mol. The molecule has 186 valence electrons. The highest BCUT2D eigenvalue weighted by Crippen LogP contribution is 2.41. The van der Waals surface area contributed by atoms with Gasteiger partial charge in [-0.1, -0.05) is 23.9 Å². The molecule has 3 heterocycles. The van der Waals surface area contributed by atoms with Crippen LogP contribution in [0.3, 0.4) is 0 Å². The highest BCUT2D eigenvalue weighted by molar-refractivity contribution is 8.00. The third-order valence-corrected chi connectivity index (χ3v) is 7.17. The molecule has 14 nitrogen and oxygen atoms in total. The Morgan fingerprint density at radius 2 is 1.91 bits per heavy atom. The number of fused-ring (bicyclic) bond motifs is 1. The van der Waals surface area contributed by atoms with E-state index in [1.54, 1.807) is 12.1 Å². The van der Waals surface area contributed by atoms with Crippen LogP contribution in [-0.4, -0.2) is 81.1 Å². The van der Waals surface area contributed by atoms with Crippen molar-refractivity contribution in [2.45, 2.75) is 29.5 Å². The number of phenolic OH excluding ortho intramolecular Hbond substituents is 1. The molecular formula is C19H21N7O7S2. The van der Waals surface area contributed by atoms with Gasteiger partial charge in [-0.05, 0) is 33.7 Å². The second-order valence-corrected chi connectivity index (χ2v) is 9.37. The minimum atomic E-state index is -1.14. The van der Waals surface area contributed by atoms with Crippen LogP contribution < -0.4 is 11.5 Å². The quantitative estimate of drug-likeness (QED) is 0.215. The van der Waals surface area contributed by atoms with Gasteiger partial charge >= 0.3 is 11.9 Å². The van der Waals surface area contributed by atoms with Gasteiger partial charge in [-0.25, -0.2) is 9.48 Å². The SMILES string of the molecule is NC(=O)C(N)c1ccc(O)cc1.O=C(O)Cn1nnnc1SCC1=C(C(=O)O)N2C(=O)C[C@@H]2SC1. The number of aromatic nitrogens is 4. The molecule has 0 aliphatic carbocycles. The number of hydrogen-bond donors (Lipinski definition) is 5. The largest absolute Gasteiger partial charge is 0.508 e. The highest BCUT2D eigenvalue weighted by Gasteiger charge is 2.45. The molecule has 0 saturated carbocycles. The Kier molecular flexibility index (Phi) is 8.31. The minimum absolute atomic E-state index is 0.0229. The van der Waals surface area contributed by atoms with Crippen molar-refractivity contribution in [1.29, 1.82) is 0 Å². The van der Waals surface area contributed by atoms with E-state index in [1.807, 2.05) is 0 Å². The number of nitrogens with two attached hydrogens (primary N) is 2.